The second-order valence-corrected chi connectivity index (χ2v) is 3.88. The number of aromatic nitrogens is 3. The number of hydrogen-bond donors (Lipinski definition) is 1. The number of rotatable bonds is 1. The average Bonchev–Trinajstić information content (AvgIpc) is 2.75. The highest BCUT2D eigenvalue weighted by Crippen LogP contribution is 2.25. The van der Waals surface area contributed by atoms with Gasteiger partial charge < -0.3 is 4.52 Å². The Morgan fingerprint density at radius 2 is 2.00 bits per heavy atom. The predicted octanol–water partition coefficient (Wildman–Crippen LogP) is 2.03. The van der Waals surface area contributed by atoms with Crippen LogP contribution < -0.4 is 5.56 Å². The molecule has 3 aromatic rings. The molecule has 0 aliphatic carbocycles. The molecule has 0 aliphatic rings. The van der Waals surface area contributed by atoms with Gasteiger partial charge in [-0.1, -0.05) is 5.16 Å². The monoisotopic (exact) mass is 245 g/mol. The molecule has 1 N–H and O–H groups in total. The number of benzene rings is 1. The Morgan fingerprint density at radius 1 is 1.28 bits per heavy atom. The van der Waals surface area contributed by atoms with Gasteiger partial charge in [-0.2, -0.15) is 5.10 Å². The molecule has 0 atom stereocenters. The Kier molecular flexibility index (Phi) is 2.22. The van der Waals surface area contributed by atoms with Crippen LogP contribution in [0.4, 0.5) is 4.39 Å². The van der Waals surface area contributed by atoms with Crippen LogP contribution in [0.1, 0.15) is 5.69 Å². The van der Waals surface area contributed by atoms with Crippen molar-refractivity contribution in [3.63, 3.8) is 0 Å². The summed E-state index contributed by atoms with van der Waals surface area (Å²) in [5.41, 5.74) is 1.54. The van der Waals surface area contributed by atoms with E-state index >= 15 is 0 Å². The fourth-order valence-electron chi connectivity index (χ4n) is 1.82. The van der Waals surface area contributed by atoms with Gasteiger partial charge in [0.2, 0.25) is 5.58 Å². The lowest BCUT2D eigenvalue weighted by Crippen LogP contribution is -2.09. The minimum absolute atomic E-state index is 0.308. The maximum atomic E-state index is 12.9. The fraction of sp³-hybridized carbons (Fsp3) is 0.0833. The molecule has 0 unspecified atom stereocenters. The van der Waals surface area contributed by atoms with E-state index in [1.54, 1.807) is 19.1 Å². The third-order valence-corrected chi connectivity index (χ3v) is 2.69. The van der Waals surface area contributed by atoms with Crippen molar-refractivity contribution in [2.45, 2.75) is 6.92 Å². The van der Waals surface area contributed by atoms with E-state index in [1.807, 2.05) is 0 Å². The summed E-state index contributed by atoms with van der Waals surface area (Å²) in [7, 11) is 0. The van der Waals surface area contributed by atoms with Gasteiger partial charge in [0.05, 0.1) is 5.69 Å². The minimum atomic E-state index is -0.352. The molecule has 18 heavy (non-hydrogen) atoms. The maximum absolute atomic E-state index is 12.9. The number of fused-ring (bicyclic) bond motifs is 1. The number of aryl methyl sites for hydroxylation is 1. The topological polar surface area (TPSA) is 71.8 Å². The van der Waals surface area contributed by atoms with E-state index in [0.29, 0.717) is 27.9 Å². The summed E-state index contributed by atoms with van der Waals surface area (Å²) in [6.07, 6.45) is 0. The molecule has 0 saturated heterocycles. The number of halogens is 1. The molecule has 0 fully saturated rings. The Morgan fingerprint density at radius 3 is 2.72 bits per heavy atom. The summed E-state index contributed by atoms with van der Waals surface area (Å²) in [6.45, 7) is 1.68. The molecule has 5 nitrogen and oxygen atoms in total. The highest BCUT2D eigenvalue weighted by atomic mass is 19.1. The van der Waals surface area contributed by atoms with Gasteiger partial charge in [0.1, 0.15) is 16.9 Å². The Hall–Kier alpha value is -2.50. The molecule has 0 spiro atoms. The molecule has 3 rings (SSSR count). The number of nitrogens with one attached hydrogen (secondary N) is 1. The summed E-state index contributed by atoms with van der Waals surface area (Å²) >= 11 is 0. The third kappa shape index (κ3) is 1.50. The van der Waals surface area contributed by atoms with Crippen LogP contribution in [0.25, 0.3) is 22.2 Å². The van der Waals surface area contributed by atoms with Gasteiger partial charge in [-0.25, -0.2) is 9.49 Å². The number of H-pyrrole nitrogens is 1. The van der Waals surface area contributed by atoms with E-state index in [1.165, 1.54) is 12.1 Å². The van der Waals surface area contributed by atoms with Crippen molar-refractivity contribution in [1.29, 1.82) is 0 Å². The largest absolute Gasteiger partial charge is 0.353 e. The Labute approximate surface area is 100 Å². The van der Waals surface area contributed by atoms with Gasteiger partial charge in [-0.05, 0) is 31.2 Å². The van der Waals surface area contributed by atoms with Crippen molar-refractivity contribution in [3.05, 3.63) is 46.1 Å². The van der Waals surface area contributed by atoms with Gasteiger partial charge in [-0.3, -0.25) is 4.79 Å². The van der Waals surface area contributed by atoms with E-state index in [-0.39, 0.29) is 11.4 Å². The first-order valence-electron chi connectivity index (χ1n) is 5.27. The predicted molar refractivity (Wildman–Crippen MR) is 62.6 cm³/mol. The van der Waals surface area contributed by atoms with E-state index in [9.17, 15) is 9.18 Å². The molecule has 0 aliphatic heterocycles. The van der Waals surface area contributed by atoms with Crippen LogP contribution in [0, 0.1) is 12.7 Å². The Bertz CT molecular complexity index is 774. The molecular weight excluding hydrogens is 237 g/mol. The van der Waals surface area contributed by atoms with Crippen molar-refractivity contribution in [2.24, 2.45) is 0 Å². The fourth-order valence-corrected chi connectivity index (χ4v) is 1.82. The van der Waals surface area contributed by atoms with Crippen LogP contribution in [-0.2, 0) is 0 Å². The highest BCUT2D eigenvalue weighted by Gasteiger charge is 2.15. The van der Waals surface area contributed by atoms with Gasteiger partial charge >= 0.3 is 0 Å². The van der Waals surface area contributed by atoms with Crippen LogP contribution in [0.3, 0.4) is 0 Å². The van der Waals surface area contributed by atoms with Crippen LogP contribution in [-0.4, -0.2) is 15.4 Å². The highest BCUT2D eigenvalue weighted by molar-refractivity contribution is 5.90. The molecule has 0 bridgehead atoms. The number of aromatic amines is 1. The summed E-state index contributed by atoms with van der Waals surface area (Å²) in [5.74, 6) is -0.340. The summed E-state index contributed by atoms with van der Waals surface area (Å²) < 4.78 is 18.0. The smallest absolute Gasteiger partial charge is 0.277 e. The lowest BCUT2D eigenvalue weighted by atomic mass is 10.1. The molecule has 0 amide bonds. The van der Waals surface area contributed by atoms with E-state index in [4.69, 9.17) is 4.52 Å². The molecule has 0 radical (unpaired) electrons. The van der Waals surface area contributed by atoms with Gasteiger partial charge in [0, 0.05) is 5.56 Å². The van der Waals surface area contributed by atoms with Crippen molar-refractivity contribution in [3.8, 4) is 11.3 Å². The first-order valence-corrected chi connectivity index (χ1v) is 5.27. The molecule has 1 aromatic carbocycles. The zero-order valence-electron chi connectivity index (χ0n) is 9.40. The van der Waals surface area contributed by atoms with Gasteiger partial charge in [-0.15, -0.1) is 0 Å². The number of hydrogen-bond acceptors (Lipinski definition) is 4. The van der Waals surface area contributed by atoms with Gasteiger partial charge in [0.25, 0.3) is 5.56 Å². The van der Waals surface area contributed by atoms with E-state index in [0.717, 1.165) is 0 Å². The maximum Gasteiger partial charge on any atom is 0.277 e. The zero-order valence-corrected chi connectivity index (χ0v) is 9.40. The van der Waals surface area contributed by atoms with E-state index < -0.39 is 0 Å². The van der Waals surface area contributed by atoms with Crippen molar-refractivity contribution in [2.75, 3.05) is 0 Å². The van der Waals surface area contributed by atoms with Crippen LogP contribution in [0.2, 0.25) is 0 Å². The molecule has 90 valence electrons. The summed E-state index contributed by atoms with van der Waals surface area (Å²) in [4.78, 5) is 11.6. The van der Waals surface area contributed by atoms with Crippen molar-refractivity contribution >= 4 is 11.0 Å². The van der Waals surface area contributed by atoms with Gasteiger partial charge in [0.15, 0.2) is 0 Å². The SMILES string of the molecule is Cc1noc2c(-c3ccc(F)cc3)n[nH]c(=O)c12. The first kappa shape index (κ1) is 10.6. The standard InChI is InChI=1S/C12H8FN3O2/c1-6-9-11(18-16-6)10(14-15-12(9)17)7-2-4-8(13)5-3-7/h2-5H,1H3,(H,15,17). The quantitative estimate of drug-likeness (QED) is 0.712. The normalized spacial score (nSPS) is 11.0. The molecule has 6 heteroatoms. The van der Waals surface area contributed by atoms with Crippen molar-refractivity contribution in [1.82, 2.24) is 15.4 Å². The van der Waals surface area contributed by atoms with Crippen LogP contribution in [0.15, 0.2) is 33.6 Å². The zero-order chi connectivity index (χ0) is 12.7. The third-order valence-electron chi connectivity index (χ3n) is 2.69. The number of nitrogens with zero attached hydrogens (tertiary/aromatic N) is 2. The van der Waals surface area contributed by atoms with Crippen LogP contribution >= 0.6 is 0 Å². The molecular formula is C12H8FN3O2. The van der Waals surface area contributed by atoms with Crippen molar-refractivity contribution < 1.29 is 8.91 Å². The summed E-state index contributed by atoms with van der Waals surface area (Å²) in [6, 6.07) is 5.76. The van der Waals surface area contributed by atoms with Crippen LogP contribution in [0.5, 0.6) is 0 Å². The molecule has 2 heterocycles. The molecule has 2 aromatic heterocycles. The average molecular weight is 245 g/mol. The summed E-state index contributed by atoms with van der Waals surface area (Å²) in [5, 5.41) is 10.4. The minimum Gasteiger partial charge on any atom is -0.353 e. The van der Waals surface area contributed by atoms with E-state index in [2.05, 4.69) is 15.4 Å². The second-order valence-electron chi connectivity index (χ2n) is 3.88. The second kappa shape index (κ2) is 3.76. The lowest BCUT2D eigenvalue weighted by molar-refractivity contribution is 0.450. The Balaban J connectivity index is 2.33. The molecule has 0 saturated carbocycles. The lowest BCUT2D eigenvalue weighted by Gasteiger charge is -1.99. The first-order chi connectivity index (χ1) is 8.66.